The van der Waals surface area contributed by atoms with Gasteiger partial charge in [-0.2, -0.15) is 0 Å². The van der Waals surface area contributed by atoms with E-state index in [4.69, 9.17) is 14.2 Å². The Balaban J connectivity index is 1.76. The van der Waals surface area contributed by atoms with E-state index in [9.17, 15) is 28.8 Å². The summed E-state index contributed by atoms with van der Waals surface area (Å²) in [6.07, 6.45) is 0. The predicted octanol–water partition coefficient (Wildman–Crippen LogP) is 3.21. The Labute approximate surface area is 223 Å². The molecule has 11 nitrogen and oxygen atoms in total. The third-order valence-corrected chi connectivity index (χ3v) is 6.85. The number of ether oxygens (including phenoxy) is 3. The fraction of sp³-hybridized carbons (Fsp3) is 0.385. The number of hydrogen-bond donors (Lipinski definition) is 1. The van der Waals surface area contributed by atoms with Gasteiger partial charge in [0, 0.05) is 0 Å². The molecule has 2 aromatic rings. The number of benzene rings is 1. The average Bonchev–Trinajstić information content (AvgIpc) is 3.32. The van der Waals surface area contributed by atoms with Crippen LogP contribution in [0.25, 0.3) is 0 Å². The Bertz CT molecular complexity index is 1260. The van der Waals surface area contributed by atoms with Gasteiger partial charge in [0.2, 0.25) is 0 Å². The van der Waals surface area contributed by atoms with Crippen LogP contribution in [-0.4, -0.2) is 66.4 Å². The lowest BCUT2D eigenvalue weighted by atomic mass is 10.0. The van der Waals surface area contributed by atoms with Crippen molar-refractivity contribution in [3.8, 4) is 0 Å². The van der Waals surface area contributed by atoms with Crippen LogP contribution in [0.15, 0.2) is 24.3 Å². The number of imide groups is 1. The quantitative estimate of drug-likeness (QED) is 0.271. The number of nitrogens with zero attached hydrogens (tertiary/aromatic N) is 1. The third-order valence-electron chi connectivity index (χ3n) is 5.66. The van der Waals surface area contributed by atoms with Gasteiger partial charge >= 0.3 is 17.9 Å². The summed E-state index contributed by atoms with van der Waals surface area (Å²) in [6.45, 7) is 7.49. The van der Waals surface area contributed by atoms with Gasteiger partial charge in [-0.15, -0.1) is 11.3 Å². The van der Waals surface area contributed by atoms with Crippen molar-refractivity contribution in [1.29, 1.82) is 0 Å². The lowest BCUT2D eigenvalue weighted by Gasteiger charge is -2.27. The van der Waals surface area contributed by atoms with Crippen LogP contribution in [0.2, 0.25) is 0 Å². The normalized spacial score (nSPS) is 13.3. The summed E-state index contributed by atoms with van der Waals surface area (Å²) in [6, 6.07) is 4.97. The molecule has 0 aliphatic carbocycles. The highest BCUT2D eigenvalue weighted by Crippen LogP contribution is 2.34. The maximum absolute atomic E-state index is 13.0. The van der Waals surface area contributed by atoms with Crippen molar-refractivity contribution in [3.63, 3.8) is 0 Å². The molecule has 12 heteroatoms. The minimum atomic E-state index is -1.26. The topological polar surface area (TPSA) is 145 Å². The molecule has 3 rings (SSSR count). The van der Waals surface area contributed by atoms with Crippen molar-refractivity contribution in [2.24, 2.45) is 5.92 Å². The number of anilines is 1. The SMILES string of the molecule is CCOC(=O)c1sc(NC(=O)COC(=O)[C@H](C(C)C)N2C(=O)c3ccccc3C2=O)c(C(=O)OCC)c1C. The summed E-state index contributed by atoms with van der Waals surface area (Å²) in [5.41, 5.74) is 0.645. The molecule has 0 unspecified atom stereocenters. The van der Waals surface area contributed by atoms with E-state index < -0.39 is 54.2 Å². The summed E-state index contributed by atoms with van der Waals surface area (Å²) >= 11 is 0.831. The van der Waals surface area contributed by atoms with E-state index in [0.29, 0.717) is 0 Å². The second-order valence-corrected chi connectivity index (χ2v) is 9.59. The summed E-state index contributed by atoms with van der Waals surface area (Å²) in [7, 11) is 0. The zero-order chi connectivity index (χ0) is 28.1. The average molecular weight is 545 g/mol. The molecule has 0 saturated carbocycles. The van der Waals surface area contributed by atoms with Crippen LogP contribution in [0.3, 0.4) is 0 Å². The summed E-state index contributed by atoms with van der Waals surface area (Å²) in [4.78, 5) is 77.2. The van der Waals surface area contributed by atoms with E-state index in [1.165, 1.54) is 19.1 Å². The number of carbonyl (C=O) groups is 6. The first kappa shape index (κ1) is 28.5. The fourth-order valence-electron chi connectivity index (χ4n) is 3.96. The standard InChI is InChI=1S/C26H28N2O9S/c1-6-35-24(32)18-14(5)20(26(34)36-7-2)38-21(18)27-17(29)12-37-25(33)19(13(3)4)28-22(30)15-10-8-9-11-16(15)23(28)31/h8-11,13,19H,6-7,12H2,1-5H3,(H,27,29)/t19-/m0/s1. The zero-order valence-electron chi connectivity index (χ0n) is 21.6. The Morgan fingerprint density at radius 3 is 2.00 bits per heavy atom. The molecule has 1 aromatic heterocycles. The van der Waals surface area contributed by atoms with Gasteiger partial charge in [-0.05, 0) is 44.4 Å². The first-order valence-corrected chi connectivity index (χ1v) is 12.8. The highest BCUT2D eigenvalue weighted by Gasteiger charge is 2.44. The Morgan fingerprint density at radius 1 is 0.921 bits per heavy atom. The minimum Gasteiger partial charge on any atom is -0.462 e. The molecule has 38 heavy (non-hydrogen) atoms. The minimum absolute atomic E-state index is 0.00865. The van der Waals surface area contributed by atoms with Crippen molar-refractivity contribution < 1.29 is 43.0 Å². The summed E-state index contributed by atoms with van der Waals surface area (Å²) in [5, 5.41) is 2.51. The van der Waals surface area contributed by atoms with Crippen LogP contribution in [-0.2, 0) is 23.8 Å². The molecule has 2 heterocycles. The maximum atomic E-state index is 13.0. The second-order valence-electron chi connectivity index (χ2n) is 8.57. The Kier molecular flexibility index (Phi) is 9.00. The molecule has 0 radical (unpaired) electrons. The molecule has 1 aromatic carbocycles. The number of rotatable bonds is 10. The molecular formula is C26H28N2O9S. The fourth-order valence-corrected chi connectivity index (χ4v) is 5.07. The molecule has 1 aliphatic heterocycles. The first-order chi connectivity index (χ1) is 18.0. The van der Waals surface area contributed by atoms with Crippen LogP contribution in [0.4, 0.5) is 5.00 Å². The van der Waals surface area contributed by atoms with Crippen LogP contribution in [0, 0.1) is 12.8 Å². The van der Waals surface area contributed by atoms with E-state index in [0.717, 1.165) is 16.2 Å². The number of esters is 3. The zero-order valence-corrected chi connectivity index (χ0v) is 22.4. The smallest absolute Gasteiger partial charge is 0.348 e. The van der Waals surface area contributed by atoms with Gasteiger partial charge < -0.3 is 19.5 Å². The largest absolute Gasteiger partial charge is 0.462 e. The van der Waals surface area contributed by atoms with Crippen LogP contribution in [0.1, 0.15) is 74.0 Å². The number of nitrogens with one attached hydrogen (secondary N) is 1. The van der Waals surface area contributed by atoms with Gasteiger partial charge in [-0.1, -0.05) is 26.0 Å². The number of carbonyl (C=O) groups excluding carboxylic acids is 6. The van der Waals surface area contributed by atoms with E-state index >= 15 is 0 Å². The number of thiophene rings is 1. The van der Waals surface area contributed by atoms with E-state index in [-0.39, 0.29) is 45.3 Å². The van der Waals surface area contributed by atoms with Gasteiger partial charge in [0.05, 0.1) is 29.9 Å². The van der Waals surface area contributed by atoms with Crippen LogP contribution < -0.4 is 5.32 Å². The van der Waals surface area contributed by atoms with Gasteiger partial charge in [-0.25, -0.2) is 14.4 Å². The first-order valence-electron chi connectivity index (χ1n) is 11.9. The molecule has 3 amide bonds. The van der Waals surface area contributed by atoms with Crippen LogP contribution >= 0.6 is 11.3 Å². The molecule has 0 spiro atoms. The molecule has 202 valence electrons. The lowest BCUT2D eigenvalue weighted by Crippen LogP contribution is -2.49. The van der Waals surface area contributed by atoms with E-state index in [1.807, 2.05) is 0 Å². The highest BCUT2D eigenvalue weighted by molar-refractivity contribution is 7.18. The number of hydrogen-bond acceptors (Lipinski definition) is 10. The van der Waals surface area contributed by atoms with E-state index in [2.05, 4.69) is 5.32 Å². The van der Waals surface area contributed by atoms with Crippen molar-refractivity contribution in [2.75, 3.05) is 25.1 Å². The molecule has 0 fully saturated rings. The maximum Gasteiger partial charge on any atom is 0.348 e. The Hall–Kier alpha value is -4.06. The van der Waals surface area contributed by atoms with Crippen molar-refractivity contribution in [2.45, 2.75) is 40.7 Å². The monoisotopic (exact) mass is 544 g/mol. The summed E-state index contributed by atoms with van der Waals surface area (Å²) < 4.78 is 15.2. The highest BCUT2D eigenvalue weighted by atomic mass is 32.1. The predicted molar refractivity (Wildman–Crippen MR) is 136 cm³/mol. The van der Waals surface area contributed by atoms with Crippen molar-refractivity contribution in [3.05, 3.63) is 51.4 Å². The van der Waals surface area contributed by atoms with Gasteiger partial charge in [0.25, 0.3) is 17.7 Å². The molecule has 0 bridgehead atoms. The van der Waals surface area contributed by atoms with Crippen LogP contribution in [0.5, 0.6) is 0 Å². The lowest BCUT2D eigenvalue weighted by molar-refractivity contribution is -0.152. The number of amides is 3. The third kappa shape index (κ3) is 5.59. The molecule has 0 saturated heterocycles. The number of fused-ring (bicyclic) bond motifs is 1. The molecular weight excluding hydrogens is 516 g/mol. The van der Waals surface area contributed by atoms with E-state index in [1.54, 1.807) is 39.8 Å². The van der Waals surface area contributed by atoms with Gasteiger partial charge in [0.1, 0.15) is 15.9 Å². The molecule has 1 N–H and O–H groups in total. The van der Waals surface area contributed by atoms with Gasteiger partial charge in [0.15, 0.2) is 6.61 Å². The van der Waals surface area contributed by atoms with Crippen molar-refractivity contribution >= 4 is 52.0 Å². The summed E-state index contributed by atoms with van der Waals surface area (Å²) in [5.74, 6) is -4.89. The molecule has 1 aliphatic rings. The molecule has 1 atom stereocenters. The van der Waals surface area contributed by atoms with Gasteiger partial charge in [-0.3, -0.25) is 19.3 Å². The Morgan fingerprint density at radius 2 is 1.47 bits per heavy atom. The second kappa shape index (κ2) is 12.0. The van der Waals surface area contributed by atoms with Crippen molar-refractivity contribution in [1.82, 2.24) is 4.90 Å².